The van der Waals surface area contributed by atoms with Crippen molar-refractivity contribution in [3.8, 4) is 11.3 Å². The third-order valence-corrected chi connectivity index (χ3v) is 3.15. The summed E-state index contributed by atoms with van der Waals surface area (Å²) in [5.41, 5.74) is 7.27. The van der Waals surface area contributed by atoms with Gasteiger partial charge in [-0.3, -0.25) is 4.98 Å². The Morgan fingerprint density at radius 3 is 2.00 bits per heavy atom. The maximum atomic E-state index is 6.08. The van der Waals surface area contributed by atoms with Crippen LogP contribution >= 0.6 is 46.4 Å². The number of nitrogen functional groups attached to an aromatic ring is 1. The second-order valence-electron chi connectivity index (χ2n) is 3.34. The summed E-state index contributed by atoms with van der Waals surface area (Å²) in [6.07, 6.45) is 1.48. The first-order valence-corrected chi connectivity index (χ1v) is 6.06. The lowest BCUT2D eigenvalue weighted by molar-refractivity contribution is 1.33. The summed E-state index contributed by atoms with van der Waals surface area (Å²) in [5.74, 6) is 0. The van der Waals surface area contributed by atoms with E-state index in [2.05, 4.69) is 4.98 Å². The molecule has 0 aliphatic carbocycles. The van der Waals surface area contributed by atoms with Gasteiger partial charge in [-0.1, -0.05) is 46.4 Å². The third kappa shape index (κ3) is 2.61. The van der Waals surface area contributed by atoms with Crippen LogP contribution in [0, 0.1) is 0 Å². The molecule has 0 radical (unpaired) electrons. The minimum Gasteiger partial charge on any atom is -0.397 e. The molecule has 0 spiro atoms. The van der Waals surface area contributed by atoms with Crippen LogP contribution in [0.15, 0.2) is 24.4 Å². The molecule has 2 N–H and O–H groups in total. The van der Waals surface area contributed by atoms with Crippen LogP contribution < -0.4 is 5.73 Å². The molecule has 1 heterocycles. The maximum absolute atomic E-state index is 6.08. The molecule has 88 valence electrons. The molecular formula is C11H6Cl4N2. The number of benzene rings is 1. The van der Waals surface area contributed by atoms with Crippen LogP contribution in [0.3, 0.4) is 0 Å². The first-order valence-electron chi connectivity index (χ1n) is 4.55. The molecule has 0 aliphatic heterocycles. The second kappa shape index (κ2) is 4.91. The summed E-state index contributed by atoms with van der Waals surface area (Å²) in [7, 11) is 0. The number of anilines is 1. The van der Waals surface area contributed by atoms with Gasteiger partial charge in [-0.05, 0) is 18.2 Å². The van der Waals surface area contributed by atoms with E-state index in [1.54, 1.807) is 18.2 Å². The van der Waals surface area contributed by atoms with Gasteiger partial charge in [0.2, 0.25) is 0 Å². The van der Waals surface area contributed by atoms with Gasteiger partial charge in [0.15, 0.2) is 0 Å². The number of nitrogens with zero attached hydrogens (tertiary/aromatic N) is 1. The highest BCUT2D eigenvalue weighted by Gasteiger charge is 2.14. The van der Waals surface area contributed by atoms with Gasteiger partial charge in [-0.25, -0.2) is 0 Å². The van der Waals surface area contributed by atoms with Gasteiger partial charge in [-0.15, -0.1) is 0 Å². The highest BCUT2D eigenvalue weighted by Crippen LogP contribution is 2.38. The summed E-state index contributed by atoms with van der Waals surface area (Å²) in [6, 6.07) is 4.76. The molecule has 1 aromatic carbocycles. The van der Waals surface area contributed by atoms with Crippen molar-refractivity contribution in [2.45, 2.75) is 0 Å². The fourth-order valence-corrected chi connectivity index (χ4v) is 2.59. The Balaban J connectivity index is 2.68. The van der Waals surface area contributed by atoms with Crippen molar-refractivity contribution in [2.75, 3.05) is 5.73 Å². The second-order valence-corrected chi connectivity index (χ2v) is 5.02. The van der Waals surface area contributed by atoms with Crippen molar-refractivity contribution in [2.24, 2.45) is 0 Å². The molecule has 0 unspecified atom stereocenters. The Bertz CT molecular complexity index is 561. The lowest BCUT2D eigenvalue weighted by atomic mass is 10.1. The average molecular weight is 308 g/mol. The Labute approximate surface area is 118 Å². The number of pyridine rings is 1. The Morgan fingerprint density at radius 2 is 1.47 bits per heavy atom. The zero-order valence-electron chi connectivity index (χ0n) is 8.35. The molecular weight excluding hydrogens is 302 g/mol. The Kier molecular flexibility index (Phi) is 3.69. The molecule has 0 atom stereocenters. The fourth-order valence-electron chi connectivity index (χ4n) is 1.43. The average Bonchev–Trinajstić information content (AvgIpc) is 2.19. The van der Waals surface area contributed by atoms with Gasteiger partial charge in [-0.2, -0.15) is 0 Å². The zero-order chi connectivity index (χ0) is 12.6. The minimum atomic E-state index is 0.393. The van der Waals surface area contributed by atoms with E-state index in [1.165, 1.54) is 6.20 Å². The largest absolute Gasteiger partial charge is 0.397 e. The summed E-state index contributed by atoms with van der Waals surface area (Å²) < 4.78 is 0. The smallest absolute Gasteiger partial charge is 0.0962 e. The number of aromatic nitrogens is 1. The van der Waals surface area contributed by atoms with Gasteiger partial charge in [0.25, 0.3) is 0 Å². The van der Waals surface area contributed by atoms with E-state index in [4.69, 9.17) is 52.1 Å². The van der Waals surface area contributed by atoms with E-state index >= 15 is 0 Å². The SMILES string of the molecule is Nc1cc(Cl)cnc1-c1c(Cl)cc(Cl)cc1Cl. The van der Waals surface area contributed by atoms with Crippen LogP contribution in [0.2, 0.25) is 20.1 Å². The lowest BCUT2D eigenvalue weighted by Gasteiger charge is -2.09. The molecule has 17 heavy (non-hydrogen) atoms. The molecule has 0 aliphatic rings. The van der Waals surface area contributed by atoms with Gasteiger partial charge >= 0.3 is 0 Å². The van der Waals surface area contributed by atoms with Crippen molar-refractivity contribution >= 4 is 52.1 Å². The number of halogens is 4. The first kappa shape index (κ1) is 12.8. The monoisotopic (exact) mass is 306 g/mol. The van der Waals surface area contributed by atoms with Crippen molar-refractivity contribution < 1.29 is 0 Å². The van der Waals surface area contributed by atoms with Crippen LogP contribution in [0.25, 0.3) is 11.3 Å². The molecule has 2 rings (SSSR count). The predicted molar refractivity (Wildman–Crippen MR) is 74.1 cm³/mol. The Morgan fingerprint density at radius 1 is 0.882 bits per heavy atom. The van der Waals surface area contributed by atoms with E-state index in [0.29, 0.717) is 37.0 Å². The van der Waals surface area contributed by atoms with E-state index in [1.807, 2.05) is 0 Å². The molecule has 0 saturated heterocycles. The highest BCUT2D eigenvalue weighted by atomic mass is 35.5. The number of hydrogen-bond donors (Lipinski definition) is 1. The van der Waals surface area contributed by atoms with E-state index < -0.39 is 0 Å². The quantitative estimate of drug-likeness (QED) is 0.810. The highest BCUT2D eigenvalue weighted by molar-refractivity contribution is 6.42. The number of hydrogen-bond acceptors (Lipinski definition) is 2. The normalized spacial score (nSPS) is 10.6. The standard InChI is InChI=1S/C11H6Cl4N2/c12-5-1-7(14)10(8(15)2-5)11-9(16)3-6(13)4-17-11/h1-4H,16H2. The van der Waals surface area contributed by atoms with Gasteiger partial charge in [0.1, 0.15) is 0 Å². The van der Waals surface area contributed by atoms with Crippen LogP contribution in [-0.4, -0.2) is 4.98 Å². The van der Waals surface area contributed by atoms with Gasteiger partial charge in [0, 0.05) is 16.8 Å². The molecule has 0 amide bonds. The molecule has 2 nitrogen and oxygen atoms in total. The predicted octanol–water partition coefficient (Wildman–Crippen LogP) is 4.94. The topological polar surface area (TPSA) is 38.9 Å². The molecule has 1 aromatic heterocycles. The molecule has 0 bridgehead atoms. The van der Waals surface area contributed by atoms with Gasteiger partial charge in [0.05, 0.1) is 26.4 Å². The van der Waals surface area contributed by atoms with Crippen molar-refractivity contribution in [1.29, 1.82) is 0 Å². The molecule has 6 heteroatoms. The van der Waals surface area contributed by atoms with E-state index in [0.717, 1.165) is 0 Å². The Hall–Kier alpha value is -0.670. The number of nitrogens with two attached hydrogens (primary N) is 1. The summed E-state index contributed by atoms with van der Waals surface area (Å²) in [5, 5.41) is 1.69. The van der Waals surface area contributed by atoms with Crippen molar-refractivity contribution in [3.05, 3.63) is 44.5 Å². The van der Waals surface area contributed by atoms with E-state index in [9.17, 15) is 0 Å². The maximum Gasteiger partial charge on any atom is 0.0962 e. The molecule has 2 aromatic rings. The summed E-state index contributed by atoms with van der Waals surface area (Å²) >= 11 is 23.8. The van der Waals surface area contributed by atoms with Crippen molar-refractivity contribution in [3.63, 3.8) is 0 Å². The minimum absolute atomic E-state index is 0.393. The van der Waals surface area contributed by atoms with Crippen LogP contribution in [-0.2, 0) is 0 Å². The van der Waals surface area contributed by atoms with Gasteiger partial charge < -0.3 is 5.73 Å². The van der Waals surface area contributed by atoms with Crippen LogP contribution in [0.5, 0.6) is 0 Å². The molecule has 0 saturated carbocycles. The van der Waals surface area contributed by atoms with Crippen molar-refractivity contribution in [1.82, 2.24) is 4.98 Å². The summed E-state index contributed by atoms with van der Waals surface area (Å²) in [4.78, 5) is 4.13. The first-order chi connectivity index (χ1) is 7.99. The zero-order valence-corrected chi connectivity index (χ0v) is 11.4. The molecule has 0 fully saturated rings. The third-order valence-electron chi connectivity index (χ3n) is 2.13. The van der Waals surface area contributed by atoms with E-state index in [-0.39, 0.29) is 0 Å². The number of rotatable bonds is 1. The summed E-state index contributed by atoms with van der Waals surface area (Å²) in [6.45, 7) is 0. The fraction of sp³-hybridized carbons (Fsp3) is 0. The van der Waals surface area contributed by atoms with Crippen LogP contribution in [0.1, 0.15) is 0 Å². The lowest BCUT2D eigenvalue weighted by Crippen LogP contribution is -1.94. The van der Waals surface area contributed by atoms with Crippen LogP contribution in [0.4, 0.5) is 5.69 Å².